The fourth-order valence-electron chi connectivity index (χ4n) is 0.953. The van der Waals surface area contributed by atoms with Crippen molar-refractivity contribution in [1.82, 2.24) is 0 Å². The molecule has 0 bridgehead atoms. The van der Waals surface area contributed by atoms with Crippen molar-refractivity contribution in [2.24, 2.45) is 0 Å². The Kier molecular flexibility index (Phi) is 2.93. The molecule has 0 fully saturated rings. The van der Waals surface area contributed by atoms with Gasteiger partial charge in [0.25, 0.3) is 0 Å². The van der Waals surface area contributed by atoms with E-state index in [1.54, 1.807) is 0 Å². The molecule has 0 radical (unpaired) electrons. The smallest absolute Gasteiger partial charge is 0.0556 e. The minimum atomic E-state index is 0.826. The molecule has 1 rings (SSSR count). The fourth-order valence-corrected chi connectivity index (χ4v) is 0.953. The highest BCUT2D eigenvalue weighted by Gasteiger charge is 1.90. The second-order valence-electron chi connectivity index (χ2n) is 2.57. The van der Waals surface area contributed by atoms with Crippen LogP contribution in [0.4, 0.5) is 5.69 Å². The van der Waals surface area contributed by atoms with Crippen LogP contribution in [0.15, 0.2) is 24.3 Å². The third-order valence-electron chi connectivity index (χ3n) is 1.62. The topological polar surface area (TPSA) is 42.6 Å². The molecule has 0 atom stereocenters. The Hall–Kier alpha value is -1.02. The number of nitrogen functional groups attached to an aromatic ring is 1. The summed E-state index contributed by atoms with van der Waals surface area (Å²) in [7, 11) is 3.67. The Labute approximate surface area is 67.4 Å². The summed E-state index contributed by atoms with van der Waals surface area (Å²) in [5.74, 6) is 0. The van der Waals surface area contributed by atoms with E-state index in [9.17, 15) is 0 Å². The van der Waals surface area contributed by atoms with Crippen LogP contribution in [0.5, 0.6) is 0 Å². The van der Waals surface area contributed by atoms with Crippen molar-refractivity contribution >= 4 is 5.69 Å². The standard InChI is InChI=1S/C9H14N2/c1-11-7-6-8-2-4-9(10)5-3-8/h2-5H,1,6-7,10-11H2. The van der Waals surface area contributed by atoms with Gasteiger partial charge in [-0.25, -0.2) is 0 Å². The van der Waals surface area contributed by atoms with Gasteiger partial charge in [-0.1, -0.05) is 12.1 Å². The number of quaternary nitrogens is 1. The molecule has 0 unspecified atom stereocenters. The maximum Gasteiger partial charge on any atom is 0.0556 e. The number of nitrogens with two attached hydrogens (primary N) is 2. The summed E-state index contributed by atoms with van der Waals surface area (Å²) >= 11 is 0. The zero-order valence-corrected chi connectivity index (χ0v) is 6.59. The van der Waals surface area contributed by atoms with Crippen LogP contribution in [0, 0.1) is 7.05 Å². The maximum absolute atomic E-state index is 5.54. The van der Waals surface area contributed by atoms with Crippen molar-refractivity contribution in [1.29, 1.82) is 0 Å². The maximum atomic E-state index is 5.54. The van der Waals surface area contributed by atoms with Crippen LogP contribution >= 0.6 is 0 Å². The molecule has 0 amide bonds. The van der Waals surface area contributed by atoms with Gasteiger partial charge in [0.1, 0.15) is 0 Å². The Morgan fingerprint density at radius 1 is 1.27 bits per heavy atom. The van der Waals surface area contributed by atoms with Crippen molar-refractivity contribution in [2.45, 2.75) is 6.42 Å². The van der Waals surface area contributed by atoms with E-state index >= 15 is 0 Å². The molecule has 0 aliphatic heterocycles. The lowest BCUT2D eigenvalue weighted by molar-refractivity contribution is -0.594. The van der Waals surface area contributed by atoms with E-state index in [0.717, 1.165) is 18.7 Å². The molecule has 0 spiro atoms. The highest BCUT2D eigenvalue weighted by molar-refractivity contribution is 5.39. The monoisotopic (exact) mass is 150 g/mol. The summed E-state index contributed by atoms with van der Waals surface area (Å²) in [5, 5.41) is 1.93. The first-order valence-electron chi connectivity index (χ1n) is 3.78. The van der Waals surface area contributed by atoms with Gasteiger partial charge in [-0.05, 0) is 17.7 Å². The van der Waals surface area contributed by atoms with Crippen molar-refractivity contribution in [3.63, 3.8) is 0 Å². The summed E-state index contributed by atoms with van der Waals surface area (Å²) in [6.07, 6.45) is 1.06. The summed E-state index contributed by atoms with van der Waals surface area (Å²) in [4.78, 5) is 0. The molecule has 0 aliphatic rings. The van der Waals surface area contributed by atoms with Crippen LogP contribution in [0.1, 0.15) is 5.56 Å². The van der Waals surface area contributed by atoms with Crippen molar-refractivity contribution in [3.8, 4) is 0 Å². The summed E-state index contributed by atoms with van der Waals surface area (Å²) in [6.45, 7) is 1.03. The third kappa shape index (κ3) is 2.60. The van der Waals surface area contributed by atoms with Crippen LogP contribution in [-0.2, 0) is 6.42 Å². The van der Waals surface area contributed by atoms with Crippen LogP contribution < -0.4 is 11.1 Å². The highest BCUT2D eigenvalue weighted by atomic mass is 14.8. The molecular weight excluding hydrogens is 136 g/mol. The van der Waals surface area contributed by atoms with E-state index in [1.807, 2.05) is 17.4 Å². The molecule has 4 N–H and O–H groups in total. The van der Waals surface area contributed by atoms with Gasteiger partial charge in [0.05, 0.1) is 6.54 Å². The van der Waals surface area contributed by atoms with Crippen LogP contribution in [-0.4, -0.2) is 6.54 Å². The van der Waals surface area contributed by atoms with Crippen LogP contribution in [0.2, 0.25) is 0 Å². The van der Waals surface area contributed by atoms with E-state index in [4.69, 9.17) is 5.73 Å². The molecule has 0 aromatic heterocycles. The van der Waals surface area contributed by atoms with E-state index in [-0.39, 0.29) is 0 Å². The SMILES string of the molecule is [CH2-][NH2+]CCc1ccc(N)cc1. The normalized spacial score (nSPS) is 9.91. The van der Waals surface area contributed by atoms with Crippen molar-refractivity contribution in [2.75, 3.05) is 12.3 Å². The number of hydrogen-bond donors (Lipinski definition) is 2. The van der Waals surface area contributed by atoms with E-state index in [0.29, 0.717) is 0 Å². The Bertz CT molecular complexity index is 203. The van der Waals surface area contributed by atoms with Gasteiger partial charge in [-0.2, -0.15) is 7.05 Å². The Balaban J connectivity index is 2.52. The average Bonchev–Trinajstić information content (AvgIpc) is 2.04. The molecule has 0 saturated carbocycles. The molecule has 0 saturated heterocycles. The molecule has 2 heteroatoms. The van der Waals surface area contributed by atoms with Crippen LogP contribution in [0.25, 0.3) is 0 Å². The largest absolute Gasteiger partial charge is 0.479 e. The predicted molar refractivity (Wildman–Crippen MR) is 46.7 cm³/mol. The van der Waals surface area contributed by atoms with Gasteiger partial charge in [-0.15, -0.1) is 0 Å². The molecular formula is C9H14N2. The Morgan fingerprint density at radius 3 is 2.45 bits per heavy atom. The number of benzene rings is 1. The van der Waals surface area contributed by atoms with Gasteiger partial charge in [0.2, 0.25) is 0 Å². The molecule has 1 aromatic rings. The first kappa shape index (κ1) is 8.08. The summed E-state index contributed by atoms with van der Waals surface area (Å²) in [5.41, 5.74) is 7.68. The fraction of sp³-hybridized carbons (Fsp3) is 0.222. The molecule has 0 aliphatic carbocycles. The highest BCUT2D eigenvalue weighted by Crippen LogP contribution is 2.04. The second-order valence-corrected chi connectivity index (χ2v) is 2.57. The minimum absolute atomic E-state index is 0.826. The lowest BCUT2D eigenvalue weighted by Gasteiger charge is -2.00. The average molecular weight is 150 g/mol. The Morgan fingerprint density at radius 2 is 1.91 bits per heavy atom. The molecule has 60 valence electrons. The minimum Gasteiger partial charge on any atom is -0.479 e. The third-order valence-corrected chi connectivity index (χ3v) is 1.62. The summed E-state index contributed by atoms with van der Waals surface area (Å²) < 4.78 is 0. The van der Waals surface area contributed by atoms with Gasteiger partial charge >= 0.3 is 0 Å². The van der Waals surface area contributed by atoms with E-state index < -0.39 is 0 Å². The lowest BCUT2D eigenvalue weighted by Crippen LogP contribution is -2.77. The van der Waals surface area contributed by atoms with Gasteiger partial charge < -0.3 is 11.1 Å². The van der Waals surface area contributed by atoms with Crippen molar-refractivity contribution in [3.05, 3.63) is 36.9 Å². The van der Waals surface area contributed by atoms with E-state index in [2.05, 4.69) is 19.2 Å². The second kappa shape index (κ2) is 3.98. The van der Waals surface area contributed by atoms with Gasteiger partial charge in [0, 0.05) is 12.1 Å². The first-order valence-corrected chi connectivity index (χ1v) is 3.78. The molecule has 0 heterocycles. The van der Waals surface area contributed by atoms with Crippen molar-refractivity contribution < 1.29 is 5.32 Å². The quantitative estimate of drug-likeness (QED) is 0.468. The first-order chi connectivity index (χ1) is 5.33. The predicted octanol–water partition coefficient (Wildman–Crippen LogP) is 0.166. The number of hydrogen-bond acceptors (Lipinski definition) is 1. The molecule has 2 nitrogen and oxygen atoms in total. The zero-order valence-electron chi connectivity index (χ0n) is 6.59. The molecule has 11 heavy (non-hydrogen) atoms. The zero-order chi connectivity index (χ0) is 8.10. The van der Waals surface area contributed by atoms with E-state index in [1.165, 1.54) is 5.56 Å². The number of anilines is 1. The van der Waals surface area contributed by atoms with Gasteiger partial charge in [-0.3, -0.25) is 0 Å². The molecule has 1 aromatic carbocycles. The lowest BCUT2D eigenvalue weighted by atomic mass is 10.1. The number of rotatable bonds is 3. The van der Waals surface area contributed by atoms with Crippen LogP contribution in [0.3, 0.4) is 0 Å². The summed E-state index contributed by atoms with van der Waals surface area (Å²) in [6, 6.07) is 7.97. The van der Waals surface area contributed by atoms with Gasteiger partial charge in [0.15, 0.2) is 0 Å².